The first-order valence-electron chi connectivity index (χ1n) is 9.97. The second kappa shape index (κ2) is 7.54. The molecule has 2 aliphatic heterocycles. The van der Waals surface area contributed by atoms with E-state index in [-0.39, 0.29) is 29.3 Å². The van der Waals surface area contributed by atoms with E-state index in [4.69, 9.17) is 9.72 Å². The summed E-state index contributed by atoms with van der Waals surface area (Å²) in [4.78, 5) is 47.7. The number of amides is 2. The fraction of sp³-hybridized carbons (Fsp3) is 0.684. The molecule has 1 spiro atoms. The SMILES string of the molecule is CC(=O)NCC(=O)N1CCC2(CCc3c2nc(N2CCOCC2)[nH]c3=O)CC1. The van der Waals surface area contributed by atoms with E-state index in [2.05, 4.69) is 15.2 Å². The largest absolute Gasteiger partial charge is 0.378 e. The lowest BCUT2D eigenvalue weighted by Gasteiger charge is -2.39. The summed E-state index contributed by atoms with van der Waals surface area (Å²) in [5.74, 6) is 0.374. The van der Waals surface area contributed by atoms with Gasteiger partial charge in [0.1, 0.15) is 0 Å². The topological polar surface area (TPSA) is 108 Å². The molecule has 2 N–H and O–H groups in total. The van der Waals surface area contributed by atoms with Crippen molar-refractivity contribution in [1.29, 1.82) is 0 Å². The normalized spacial score (nSPS) is 20.9. The molecular formula is C19H27N5O4. The van der Waals surface area contributed by atoms with E-state index in [0.29, 0.717) is 32.3 Å². The molecule has 1 aliphatic carbocycles. The number of fused-ring (bicyclic) bond motifs is 2. The molecule has 2 saturated heterocycles. The number of carbonyl (C=O) groups is 2. The van der Waals surface area contributed by atoms with Crippen LogP contribution < -0.4 is 15.8 Å². The first-order chi connectivity index (χ1) is 13.5. The van der Waals surface area contributed by atoms with Crippen molar-refractivity contribution in [2.24, 2.45) is 0 Å². The van der Waals surface area contributed by atoms with Gasteiger partial charge in [-0.15, -0.1) is 0 Å². The molecule has 0 unspecified atom stereocenters. The quantitative estimate of drug-likeness (QED) is 0.725. The number of H-pyrrole nitrogens is 1. The van der Waals surface area contributed by atoms with Crippen molar-refractivity contribution in [2.75, 3.05) is 50.8 Å². The van der Waals surface area contributed by atoms with Crippen molar-refractivity contribution in [3.05, 3.63) is 21.6 Å². The Kier molecular flexibility index (Phi) is 5.09. The lowest BCUT2D eigenvalue weighted by Crippen LogP contribution is -2.48. The number of nitrogens with one attached hydrogen (secondary N) is 2. The van der Waals surface area contributed by atoms with Crippen molar-refractivity contribution in [3.8, 4) is 0 Å². The highest BCUT2D eigenvalue weighted by atomic mass is 16.5. The number of hydrogen-bond acceptors (Lipinski definition) is 6. The van der Waals surface area contributed by atoms with Crippen LogP contribution in [-0.4, -0.2) is 72.6 Å². The van der Waals surface area contributed by atoms with E-state index < -0.39 is 0 Å². The Morgan fingerprint density at radius 1 is 1.18 bits per heavy atom. The first-order valence-corrected chi connectivity index (χ1v) is 9.97. The van der Waals surface area contributed by atoms with Gasteiger partial charge in [-0.25, -0.2) is 4.98 Å². The third kappa shape index (κ3) is 3.50. The second-order valence-electron chi connectivity index (χ2n) is 7.89. The number of hydrogen-bond donors (Lipinski definition) is 2. The number of nitrogens with zero attached hydrogens (tertiary/aromatic N) is 3. The van der Waals surface area contributed by atoms with Crippen LogP contribution in [0.15, 0.2) is 4.79 Å². The Labute approximate surface area is 163 Å². The van der Waals surface area contributed by atoms with Crippen LogP contribution in [0.5, 0.6) is 0 Å². The van der Waals surface area contributed by atoms with Crippen molar-refractivity contribution in [1.82, 2.24) is 20.2 Å². The molecule has 0 bridgehead atoms. The molecule has 1 aromatic heterocycles. The van der Waals surface area contributed by atoms with Crippen molar-refractivity contribution in [2.45, 2.75) is 38.0 Å². The van der Waals surface area contributed by atoms with Gasteiger partial charge in [0.15, 0.2) is 0 Å². The fourth-order valence-electron chi connectivity index (χ4n) is 4.55. The maximum Gasteiger partial charge on any atom is 0.255 e. The first kappa shape index (κ1) is 18.9. The van der Waals surface area contributed by atoms with Gasteiger partial charge in [-0.2, -0.15) is 0 Å². The molecule has 3 heterocycles. The second-order valence-corrected chi connectivity index (χ2v) is 7.89. The standard InChI is InChI=1S/C19H27N5O4/c1-13(25)20-12-15(26)23-6-4-19(5-7-23)3-2-14-16(19)21-18(22-17(14)27)24-8-10-28-11-9-24/h2-12H2,1H3,(H,20,25)(H,21,22,27). The van der Waals surface area contributed by atoms with Crippen LogP contribution in [0.2, 0.25) is 0 Å². The highest BCUT2D eigenvalue weighted by Crippen LogP contribution is 2.44. The number of aromatic amines is 1. The molecule has 152 valence electrons. The van der Waals surface area contributed by atoms with Crippen LogP contribution in [0.4, 0.5) is 5.95 Å². The Bertz CT molecular complexity index is 822. The average molecular weight is 389 g/mol. The van der Waals surface area contributed by atoms with Gasteiger partial charge in [0.05, 0.1) is 25.5 Å². The smallest absolute Gasteiger partial charge is 0.255 e. The summed E-state index contributed by atoms with van der Waals surface area (Å²) in [5, 5.41) is 2.57. The minimum Gasteiger partial charge on any atom is -0.378 e. The van der Waals surface area contributed by atoms with Gasteiger partial charge >= 0.3 is 0 Å². The summed E-state index contributed by atoms with van der Waals surface area (Å²) in [6, 6.07) is 0. The molecule has 4 rings (SSSR count). The number of aromatic nitrogens is 2. The zero-order valence-electron chi connectivity index (χ0n) is 16.3. The molecule has 0 atom stereocenters. The van der Waals surface area contributed by atoms with Crippen LogP contribution in [0.25, 0.3) is 0 Å². The minimum absolute atomic E-state index is 0.0347. The molecule has 2 fully saturated rings. The molecule has 3 aliphatic rings. The molecule has 9 nitrogen and oxygen atoms in total. The third-order valence-corrected chi connectivity index (χ3v) is 6.23. The highest BCUT2D eigenvalue weighted by molar-refractivity contribution is 5.83. The van der Waals surface area contributed by atoms with Gasteiger partial charge < -0.3 is 19.9 Å². The Balaban J connectivity index is 1.51. The Hall–Kier alpha value is -2.42. The van der Waals surface area contributed by atoms with Gasteiger partial charge in [-0.1, -0.05) is 0 Å². The summed E-state index contributed by atoms with van der Waals surface area (Å²) in [7, 11) is 0. The number of rotatable bonds is 3. The number of morpholine rings is 1. The van der Waals surface area contributed by atoms with Crippen molar-refractivity contribution < 1.29 is 14.3 Å². The zero-order chi connectivity index (χ0) is 19.7. The number of carbonyl (C=O) groups excluding carboxylic acids is 2. The predicted molar refractivity (Wildman–Crippen MR) is 102 cm³/mol. The zero-order valence-corrected chi connectivity index (χ0v) is 16.3. The minimum atomic E-state index is -0.203. The molecule has 1 aromatic rings. The lowest BCUT2D eigenvalue weighted by atomic mass is 9.76. The van der Waals surface area contributed by atoms with Crippen LogP contribution in [0.3, 0.4) is 0 Å². The van der Waals surface area contributed by atoms with E-state index >= 15 is 0 Å². The maximum absolute atomic E-state index is 12.7. The van der Waals surface area contributed by atoms with Crippen LogP contribution in [-0.2, 0) is 26.2 Å². The summed E-state index contributed by atoms with van der Waals surface area (Å²) in [5.41, 5.74) is 1.56. The number of anilines is 1. The maximum atomic E-state index is 12.7. The molecule has 9 heteroatoms. The summed E-state index contributed by atoms with van der Waals surface area (Å²) in [6.45, 7) is 5.41. The van der Waals surface area contributed by atoms with Gasteiger partial charge in [-0.05, 0) is 25.7 Å². The molecule has 0 saturated carbocycles. The van der Waals surface area contributed by atoms with E-state index in [1.165, 1.54) is 6.92 Å². The van der Waals surface area contributed by atoms with Gasteiger partial charge in [0.25, 0.3) is 5.56 Å². The highest BCUT2D eigenvalue weighted by Gasteiger charge is 2.44. The Morgan fingerprint density at radius 2 is 1.89 bits per heavy atom. The summed E-state index contributed by atoms with van der Waals surface area (Å²) < 4.78 is 5.40. The van der Waals surface area contributed by atoms with Gasteiger partial charge in [-0.3, -0.25) is 19.4 Å². The molecule has 28 heavy (non-hydrogen) atoms. The molecule has 0 aromatic carbocycles. The van der Waals surface area contributed by atoms with Gasteiger partial charge in [0, 0.05) is 44.1 Å². The monoisotopic (exact) mass is 389 g/mol. The molecule has 2 amide bonds. The number of piperidine rings is 1. The van der Waals surface area contributed by atoms with E-state index in [1.54, 1.807) is 4.90 Å². The third-order valence-electron chi connectivity index (χ3n) is 6.23. The van der Waals surface area contributed by atoms with Crippen LogP contribution in [0, 0.1) is 0 Å². The lowest BCUT2D eigenvalue weighted by molar-refractivity contribution is -0.133. The number of ether oxygens (including phenoxy) is 1. The summed E-state index contributed by atoms with van der Waals surface area (Å²) in [6.07, 6.45) is 3.23. The average Bonchev–Trinajstić information content (AvgIpc) is 3.06. The predicted octanol–water partition coefficient (Wildman–Crippen LogP) is -0.451. The molecular weight excluding hydrogens is 362 g/mol. The van der Waals surface area contributed by atoms with Crippen LogP contribution in [0.1, 0.15) is 37.4 Å². The van der Waals surface area contributed by atoms with Gasteiger partial charge in [0.2, 0.25) is 17.8 Å². The molecule has 0 radical (unpaired) electrons. The number of likely N-dealkylation sites (tertiary alicyclic amines) is 1. The van der Waals surface area contributed by atoms with Crippen molar-refractivity contribution in [3.63, 3.8) is 0 Å². The van der Waals surface area contributed by atoms with Crippen molar-refractivity contribution >= 4 is 17.8 Å². The van der Waals surface area contributed by atoms with E-state index in [1.807, 2.05) is 0 Å². The summed E-state index contributed by atoms with van der Waals surface area (Å²) >= 11 is 0. The van der Waals surface area contributed by atoms with Crippen LogP contribution >= 0.6 is 0 Å². The van der Waals surface area contributed by atoms with E-state index in [9.17, 15) is 14.4 Å². The van der Waals surface area contributed by atoms with E-state index in [0.717, 1.165) is 50.0 Å². The Morgan fingerprint density at radius 3 is 2.57 bits per heavy atom. The fourth-order valence-corrected chi connectivity index (χ4v) is 4.55.